The van der Waals surface area contributed by atoms with Crippen molar-refractivity contribution in [3.05, 3.63) is 23.8 Å². The third-order valence-corrected chi connectivity index (χ3v) is 2.39. The Morgan fingerprint density at radius 3 is 2.87 bits per heavy atom. The highest BCUT2D eigenvalue weighted by atomic mass is 16.5. The predicted molar refractivity (Wildman–Crippen MR) is 54.9 cm³/mol. The van der Waals surface area contributed by atoms with Crippen LogP contribution in [0.3, 0.4) is 0 Å². The Kier molecular flexibility index (Phi) is 2.19. The third-order valence-electron chi connectivity index (χ3n) is 2.39. The fourth-order valence-corrected chi connectivity index (χ4v) is 1.73. The Bertz CT molecular complexity index is 439. The first-order valence-corrected chi connectivity index (χ1v) is 4.66. The van der Waals surface area contributed by atoms with Gasteiger partial charge in [0.2, 0.25) is 5.91 Å². The van der Waals surface area contributed by atoms with Crippen LogP contribution in [0.25, 0.3) is 0 Å². The van der Waals surface area contributed by atoms with Crippen LogP contribution in [0.15, 0.2) is 18.2 Å². The number of hydrogen-bond acceptors (Lipinski definition) is 3. The number of nitrogens with zero attached hydrogens (tertiary/aromatic N) is 1. The molecular weight excluding hydrogens is 194 g/mol. The number of benzene rings is 1. The minimum atomic E-state index is -0.379. The molecule has 2 rings (SSSR count). The first-order valence-electron chi connectivity index (χ1n) is 4.66. The van der Waals surface area contributed by atoms with Crippen molar-refractivity contribution in [2.24, 2.45) is 0 Å². The summed E-state index contributed by atoms with van der Waals surface area (Å²) < 4.78 is 5.04. The summed E-state index contributed by atoms with van der Waals surface area (Å²) in [6.45, 7) is 1.34. The summed E-state index contributed by atoms with van der Waals surface area (Å²) in [5.41, 5.74) is 1.61. The summed E-state index contributed by atoms with van der Waals surface area (Å²) in [4.78, 5) is 23.9. The van der Waals surface area contributed by atoms with E-state index < -0.39 is 0 Å². The number of hydrogen-bond donors (Lipinski definition) is 0. The normalized spacial score (nSPS) is 14.0. The highest BCUT2D eigenvalue weighted by molar-refractivity contribution is 6.03. The third kappa shape index (κ3) is 1.58. The van der Waals surface area contributed by atoms with E-state index in [-0.39, 0.29) is 11.9 Å². The Morgan fingerprint density at radius 1 is 1.47 bits per heavy atom. The Morgan fingerprint density at radius 2 is 2.20 bits per heavy atom. The summed E-state index contributed by atoms with van der Waals surface area (Å²) in [5.74, 6) is 0.0918. The molecule has 0 atom stereocenters. The molecule has 0 aliphatic carbocycles. The molecule has 1 aromatic carbocycles. The number of fused-ring (bicyclic) bond motifs is 1. The van der Waals surface area contributed by atoms with Gasteiger partial charge < -0.3 is 9.64 Å². The molecule has 1 aliphatic heterocycles. The van der Waals surface area contributed by atoms with Gasteiger partial charge in [-0.05, 0) is 11.6 Å². The van der Waals surface area contributed by atoms with Crippen molar-refractivity contribution >= 4 is 17.6 Å². The van der Waals surface area contributed by atoms with Crippen LogP contribution in [-0.2, 0) is 16.0 Å². The molecule has 0 aromatic heterocycles. The highest BCUT2D eigenvalue weighted by Gasteiger charge is 2.27. The van der Waals surface area contributed by atoms with E-state index in [1.165, 1.54) is 11.8 Å². The van der Waals surface area contributed by atoms with E-state index in [1.807, 2.05) is 6.07 Å². The lowest BCUT2D eigenvalue weighted by Gasteiger charge is -2.13. The van der Waals surface area contributed by atoms with E-state index in [1.54, 1.807) is 19.2 Å². The summed E-state index contributed by atoms with van der Waals surface area (Å²) in [5, 5.41) is 0. The van der Waals surface area contributed by atoms with Crippen LogP contribution >= 0.6 is 0 Å². The second-order valence-corrected chi connectivity index (χ2v) is 3.49. The molecule has 1 amide bonds. The fraction of sp³-hybridized carbons (Fsp3) is 0.273. The molecule has 0 saturated heterocycles. The predicted octanol–water partition coefficient (Wildman–Crippen LogP) is 1.13. The molecule has 4 nitrogen and oxygen atoms in total. The standard InChI is InChI=1S/C11H11NO3/c1-7(13)15-9-5-3-4-8-6-10(14)12(2)11(8)9/h3-5H,6H2,1-2H3. The summed E-state index contributed by atoms with van der Waals surface area (Å²) in [6.07, 6.45) is 0.376. The molecule has 4 heteroatoms. The zero-order valence-corrected chi connectivity index (χ0v) is 8.61. The molecule has 1 aliphatic rings. The molecule has 0 spiro atoms. The van der Waals surface area contributed by atoms with Gasteiger partial charge in [0, 0.05) is 14.0 Å². The Hall–Kier alpha value is -1.84. The van der Waals surface area contributed by atoms with Crippen LogP contribution in [0.5, 0.6) is 5.75 Å². The number of likely N-dealkylation sites (N-methyl/N-ethyl adjacent to an activating group) is 1. The summed E-state index contributed by atoms with van der Waals surface area (Å²) in [7, 11) is 1.68. The van der Waals surface area contributed by atoms with Gasteiger partial charge in [-0.25, -0.2) is 0 Å². The van der Waals surface area contributed by atoms with Gasteiger partial charge in [-0.1, -0.05) is 12.1 Å². The largest absolute Gasteiger partial charge is 0.424 e. The summed E-state index contributed by atoms with van der Waals surface area (Å²) >= 11 is 0. The smallest absolute Gasteiger partial charge is 0.308 e. The molecule has 0 unspecified atom stereocenters. The number of rotatable bonds is 1. The van der Waals surface area contributed by atoms with E-state index in [0.29, 0.717) is 17.9 Å². The highest BCUT2D eigenvalue weighted by Crippen LogP contribution is 2.36. The molecular formula is C11H11NO3. The Labute approximate surface area is 87.4 Å². The molecule has 1 heterocycles. The van der Waals surface area contributed by atoms with E-state index in [4.69, 9.17) is 4.74 Å². The van der Waals surface area contributed by atoms with Crippen LogP contribution in [0.2, 0.25) is 0 Å². The van der Waals surface area contributed by atoms with Gasteiger partial charge in [-0.2, -0.15) is 0 Å². The topological polar surface area (TPSA) is 46.6 Å². The van der Waals surface area contributed by atoms with Crippen molar-refractivity contribution < 1.29 is 14.3 Å². The van der Waals surface area contributed by atoms with E-state index in [0.717, 1.165) is 5.56 Å². The zero-order valence-electron chi connectivity index (χ0n) is 8.61. The fourth-order valence-electron chi connectivity index (χ4n) is 1.73. The molecule has 0 radical (unpaired) electrons. The number of anilines is 1. The minimum Gasteiger partial charge on any atom is -0.424 e. The average molecular weight is 205 g/mol. The minimum absolute atomic E-state index is 0.0182. The zero-order chi connectivity index (χ0) is 11.0. The van der Waals surface area contributed by atoms with Crippen LogP contribution in [0.4, 0.5) is 5.69 Å². The lowest BCUT2D eigenvalue weighted by Crippen LogP contribution is -2.21. The molecule has 78 valence electrons. The quantitative estimate of drug-likeness (QED) is 0.510. The SMILES string of the molecule is CC(=O)Oc1cccc2c1N(C)C(=O)C2. The molecule has 0 bridgehead atoms. The maximum absolute atomic E-state index is 11.5. The molecule has 0 N–H and O–H groups in total. The van der Waals surface area contributed by atoms with Crippen LogP contribution in [0, 0.1) is 0 Å². The van der Waals surface area contributed by atoms with E-state index in [2.05, 4.69) is 0 Å². The van der Waals surface area contributed by atoms with E-state index >= 15 is 0 Å². The van der Waals surface area contributed by atoms with Crippen LogP contribution in [-0.4, -0.2) is 18.9 Å². The van der Waals surface area contributed by atoms with E-state index in [9.17, 15) is 9.59 Å². The number of ether oxygens (including phenoxy) is 1. The van der Waals surface area contributed by atoms with Gasteiger partial charge in [0.15, 0.2) is 5.75 Å². The average Bonchev–Trinajstić information content (AvgIpc) is 2.43. The summed E-state index contributed by atoms with van der Waals surface area (Å²) in [6, 6.07) is 5.34. The number of carbonyl (C=O) groups is 2. The van der Waals surface area contributed by atoms with Gasteiger partial charge >= 0.3 is 5.97 Å². The molecule has 15 heavy (non-hydrogen) atoms. The van der Waals surface area contributed by atoms with Crippen molar-refractivity contribution in [3.8, 4) is 5.75 Å². The number of para-hydroxylation sites is 1. The maximum atomic E-state index is 11.5. The second-order valence-electron chi connectivity index (χ2n) is 3.49. The molecule has 0 saturated carbocycles. The number of carbonyl (C=O) groups excluding carboxylic acids is 2. The van der Waals surface area contributed by atoms with Crippen molar-refractivity contribution in [1.29, 1.82) is 0 Å². The van der Waals surface area contributed by atoms with Gasteiger partial charge in [0.05, 0.1) is 12.1 Å². The molecule has 0 fully saturated rings. The molecule has 1 aromatic rings. The van der Waals surface area contributed by atoms with Crippen LogP contribution < -0.4 is 9.64 Å². The van der Waals surface area contributed by atoms with Gasteiger partial charge in [0.1, 0.15) is 0 Å². The second kappa shape index (κ2) is 3.38. The number of esters is 1. The van der Waals surface area contributed by atoms with Gasteiger partial charge in [-0.15, -0.1) is 0 Å². The van der Waals surface area contributed by atoms with Gasteiger partial charge in [-0.3, -0.25) is 9.59 Å². The lowest BCUT2D eigenvalue weighted by molar-refractivity contribution is -0.131. The monoisotopic (exact) mass is 205 g/mol. The van der Waals surface area contributed by atoms with Crippen LogP contribution in [0.1, 0.15) is 12.5 Å². The first-order chi connectivity index (χ1) is 7.09. The first kappa shape index (κ1) is 9.71. The van der Waals surface area contributed by atoms with Crippen molar-refractivity contribution in [1.82, 2.24) is 0 Å². The van der Waals surface area contributed by atoms with Crippen molar-refractivity contribution in [3.63, 3.8) is 0 Å². The van der Waals surface area contributed by atoms with Crippen molar-refractivity contribution in [2.45, 2.75) is 13.3 Å². The number of amides is 1. The maximum Gasteiger partial charge on any atom is 0.308 e. The van der Waals surface area contributed by atoms with Crippen molar-refractivity contribution in [2.75, 3.05) is 11.9 Å². The lowest BCUT2D eigenvalue weighted by atomic mass is 10.1. The Balaban J connectivity index is 2.47. The van der Waals surface area contributed by atoms with Gasteiger partial charge in [0.25, 0.3) is 0 Å².